The quantitative estimate of drug-likeness (QED) is 0.0190. The lowest BCUT2D eigenvalue weighted by molar-refractivity contribution is -0.161. The van der Waals surface area contributed by atoms with E-state index in [4.69, 9.17) is 33.2 Å². The van der Waals surface area contributed by atoms with Crippen LogP contribution in [0.2, 0.25) is 0 Å². The van der Waals surface area contributed by atoms with Crippen LogP contribution in [0, 0.1) is 11.8 Å². The van der Waals surface area contributed by atoms with Crippen molar-refractivity contribution in [3.05, 3.63) is 24.3 Å². The number of hydrogen-bond acceptors (Lipinski definition) is 12. The van der Waals surface area contributed by atoms with Gasteiger partial charge in [0, 0.05) is 44.9 Å². The summed E-state index contributed by atoms with van der Waals surface area (Å²) < 4.78 is 39.9. The van der Waals surface area contributed by atoms with Gasteiger partial charge in [0.05, 0.1) is 18.9 Å². The fourth-order valence-corrected chi connectivity index (χ4v) is 7.16. The van der Waals surface area contributed by atoms with E-state index in [0.717, 1.165) is 110 Å². The lowest BCUT2D eigenvalue weighted by atomic mass is 9.99. The van der Waals surface area contributed by atoms with Gasteiger partial charge in [-0.1, -0.05) is 91.0 Å². The summed E-state index contributed by atoms with van der Waals surface area (Å²) in [6.45, 7) is 14.5. The first-order valence-corrected chi connectivity index (χ1v) is 24.8. The summed E-state index contributed by atoms with van der Waals surface area (Å²) in [5, 5.41) is 0. The summed E-state index contributed by atoms with van der Waals surface area (Å²) in [7, 11) is 0. The molecule has 1 fully saturated rings. The van der Waals surface area contributed by atoms with Crippen LogP contribution in [0.1, 0.15) is 189 Å². The van der Waals surface area contributed by atoms with Gasteiger partial charge in [0.2, 0.25) is 0 Å². The van der Waals surface area contributed by atoms with Crippen LogP contribution in [0.3, 0.4) is 0 Å². The molecular formula is C50H89NO11. The standard InChI is InChI=1S/C50H89NO11/c1-6-11-14-17-20-23-30-45(9-4)62-48(54)32-25-24-31-46(52)58-40-44(42-61-50(55)60-39-43-29-28-35-51(10-5)38-43)41-59-47(53)33-34-49(56-36-26-21-18-15-12-7-2)57-37-27-22-19-16-13-8-3/h12-13,15-16,43-45,49H,6-11,14,17-42H2,1-5H3/b15-12-,16-13-. The molecular weight excluding hydrogens is 791 g/mol. The van der Waals surface area contributed by atoms with Gasteiger partial charge in [-0.15, -0.1) is 0 Å². The number of likely N-dealkylation sites (tertiary alicyclic amines) is 1. The fourth-order valence-electron chi connectivity index (χ4n) is 7.16. The molecule has 12 heteroatoms. The highest BCUT2D eigenvalue weighted by Gasteiger charge is 2.23. The van der Waals surface area contributed by atoms with Crippen LogP contribution in [0.15, 0.2) is 24.3 Å². The first-order chi connectivity index (χ1) is 30.2. The van der Waals surface area contributed by atoms with E-state index >= 15 is 0 Å². The van der Waals surface area contributed by atoms with E-state index in [1.165, 1.54) is 25.7 Å². The highest BCUT2D eigenvalue weighted by Crippen LogP contribution is 2.18. The fraction of sp³-hybridized carbons (Fsp3) is 0.840. The Labute approximate surface area is 376 Å². The predicted molar refractivity (Wildman–Crippen MR) is 246 cm³/mol. The molecule has 0 aromatic rings. The van der Waals surface area contributed by atoms with Crippen molar-refractivity contribution in [1.82, 2.24) is 4.90 Å². The van der Waals surface area contributed by atoms with E-state index < -0.39 is 30.3 Å². The predicted octanol–water partition coefficient (Wildman–Crippen LogP) is 11.6. The van der Waals surface area contributed by atoms with Crippen LogP contribution in [0.4, 0.5) is 4.79 Å². The van der Waals surface area contributed by atoms with Crippen LogP contribution in [-0.4, -0.2) is 101 Å². The zero-order chi connectivity index (χ0) is 45.3. The molecule has 0 amide bonds. The second-order valence-electron chi connectivity index (χ2n) is 16.7. The number of allylic oxidation sites excluding steroid dienone is 4. The van der Waals surface area contributed by atoms with Gasteiger partial charge in [0.1, 0.15) is 25.9 Å². The molecule has 0 radical (unpaired) electrons. The minimum atomic E-state index is -0.801. The van der Waals surface area contributed by atoms with Gasteiger partial charge in [0.15, 0.2) is 6.29 Å². The number of carbonyl (C=O) groups is 4. The molecule has 1 aliphatic heterocycles. The van der Waals surface area contributed by atoms with Crippen LogP contribution in [0.5, 0.6) is 0 Å². The van der Waals surface area contributed by atoms with Crippen molar-refractivity contribution in [2.24, 2.45) is 11.8 Å². The van der Waals surface area contributed by atoms with Gasteiger partial charge in [-0.3, -0.25) is 14.4 Å². The van der Waals surface area contributed by atoms with Crippen molar-refractivity contribution in [3.8, 4) is 0 Å². The molecule has 0 aromatic heterocycles. The van der Waals surface area contributed by atoms with Crippen molar-refractivity contribution in [1.29, 1.82) is 0 Å². The SMILES string of the molecule is CC/C=C\CCCCOC(CCC(=O)OCC(COC(=O)CCCCC(=O)OC(CC)CCCCCCCC)COC(=O)OCC1CCCN(CC)C1)OCCCC/C=C\CC. The number of rotatable bonds is 40. The zero-order valence-corrected chi connectivity index (χ0v) is 39.9. The Bertz CT molecular complexity index is 1150. The average molecular weight is 880 g/mol. The van der Waals surface area contributed by atoms with Crippen LogP contribution in [-0.2, 0) is 47.5 Å². The van der Waals surface area contributed by atoms with E-state index in [2.05, 4.69) is 56.9 Å². The number of esters is 3. The number of hydrogen-bond donors (Lipinski definition) is 0. The topological polar surface area (TPSA) is 136 Å². The van der Waals surface area contributed by atoms with Gasteiger partial charge < -0.3 is 38.1 Å². The van der Waals surface area contributed by atoms with Crippen molar-refractivity contribution >= 4 is 24.1 Å². The molecule has 1 rings (SSSR count). The minimum Gasteiger partial charge on any atom is -0.465 e. The van der Waals surface area contributed by atoms with Crippen molar-refractivity contribution in [3.63, 3.8) is 0 Å². The number of piperidine rings is 1. The van der Waals surface area contributed by atoms with E-state index in [1.807, 2.05) is 6.92 Å². The molecule has 0 saturated carbocycles. The first kappa shape index (κ1) is 57.1. The molecule has 3 unspecified atom stereocenters. The number of ether oxygens (including phenoxy) is 7. The molecule has 0 N–H and O–H groups in total. The molecule has 0 spiro atoms. The molecule has 3 atom stereocenters. The third-order valence-corrected chi connectivity index (χ3v) is 11.1. The number of carbonyl (C=O) groups excluding carboxylic acids is 4. The molecule has 1 saturated heterocycles. The lowest BCUT2D eigenvalue weighted by Gasteiger charge is -2.31. The van der Waals surface area contributed by atoms with Crippen LogP contribution < -0.4 is 0 Å². The van der Waals surface area contributed by atoms with Gasteiger partial charge in [-0.2, -0.15) is 0 Å². The summed E-state index contributed by atoms with van der Waals surface area (Å²) in [6.07, 6.45) is 27.9. The Hall–Kier alpha value is -2.96. The summed E-state index contributed by atoms with van der Waals surface area (Å²) in [6, 6.07) is 0. The molecule has 360 valence electrons. The van der Waals surface area contributed by atoms with Gasteiger partial charge in [-0.05, 0) is 109 Å². The molecule has 12 nitrogen and oxygen atoms in total. The Morgan fingerprint density at radius 1 is 0.613 bits per heavy atom. The van der Waals surface area contributed by atoms with Gasteiger partial charge in [-0.25, -0.2) is 4.79 Å². The zero-order valence-electron chi connectivity index (χ0n) is 39.9. The smallest absolute Gasteiger partial charge is 0.465 e. The second-order valence-corrected chi connectivity index (χ2v) is 16.7. The molecule has 0 aliphatic carbocycles. The van der Waals surface area contributed by atoms with Crippen molar-refractivity contribution < 1.29 is 52.3 Å². The Balaban J connectivity index is 2.65. The summed E-state index contributed by atoms with van der Waals surface area (Å²) in [5.74, 6) is -1.47. The van der Waals surface area contributed by atoms with E-state index in [9.17, 15) is 19.2 Å². The normalized spacial score (nSPS) is 15.5. The summed E-state index contributed by atoms with van der Waals surface area (Å²) in [5.41, 5.74) is 0. The van der Waals surface area contributed by atoms with E-state index in [-0.39, 0.29) is 63.7 Å². The maximum absolute atomic E-state index is 13.0. The Morgan fingerprint density at radius 2 is 1.21 bits per heavy atom. The maximum atomic E-state index is 13.0. The average Bonchev–Trinajstić information content (AvgIpc) is 3.28. The number of nitrogens with zero attached hydrogens (tertiary/aromatic N) is 1. The van der Waals surface area contributed by atoms with E-state index in [1.54, 1.807) is 0 Å². The third kappa shape index (κ3) is 33.6. The Morgan fingerprint density at radius 3 is 1.82 bits per heavy atom. The third-order valence-electron chi connectivity index (χ3n) is 11.1. The number of unbranched alkanes of at least 4 members (excludes halogenated alkanes) is 10. The molecule has 62 heavy (non-hydrogen) atoms. The monoisotopic (exact) mass is 880 g/mol. The van der Waals surface area contributed by atoms with E-state index in [0.29, 0.717) is 32.5 Å². The Kier molecular flexibility index (Phi) is 37.5. The van der Waals surface area contributed by atoms with Crippen molar-refractivity contribution in [2.75, 3.05) is 59.3 Å². The summed E-state index contributed by atoms with van der Waals surface area (Å²) >= 11 is 0. The lowest BCUT2D eigenvalue weighted by Crippen LogP contribution is -2.37. The largest absolute Gasteiger partial charge is 0.508 e. The highest BCUT2D eigenvalue weighted by atomic mass is 16.7. The van der Waals surface area contributed by atoms with Crippen LogP contribution >= 0.6 is 0 Å². The molecule has 0 bridgehead atoms. The van der Waals surface area contributed by atoms with Crippen LogP contribution in [0.25, 0.3) is 0 Å². The first-order valence-electron chi connectivity index (χ1n) is 24.8. The molecule has 1 heterocycles. The molecule has 0 aromatic carbocycles. The highest BCUT2D eigenvalue weighted by molar-refractivity contribution is 5.71. The van der Waals surface area contributed by atoms with Gasteiger partial charge in [0.25, 0.3) is 0 Å². The maximum Gasteiger partial charge on any atom is 0.508 e. The minimum absolute atomic E-state index is 0.0631. The van der Waals surface area contributed by atoms with Gasteiger partial charge >= 0.3 is 24.1 Å². The second kappa shape index (κ2) is 40.8. The van der Waals surface area contributed by atoms with Crippen molar-refractivity contribution in [2.45, 2.75) is 201 Å². The summed E-state index contributed by atoms with van der Waals surface area (Å²) in [4.78, 5) is 53.2. The molecule has 1 aliphatic rings.